The third-order valence-electron chi connectivity index (χ3n) is 6.81. The summed E-state index contributed by atoms with van der Waals surface area (Å²) in [4.78, 5) is 53.9. The number of carbonyl (C=O) groups excluding carboxylic acids is 1. The van der Waals surface area contributed by atoms with Gasteiger partial charge in [0.15, 0.2) is 17.2 Å². The number of rotatable bonds is 10. The first-order chi connectivity index (χ1) is 19.7. The van der Waals surface area contributed by atoms with Gasteiger partial charge in [0, 0.05) is 49.6 Å². The number of aromatic hydroxyl groups is 1. The largest absolute Gasteiger partial charge is 0.507 e. The third kappa shape index (κ3) is 6.03. The zero-order valence-corrected chi connectivity index (χ0v) is 22.4. The van der Waals surface area contributed by atoms with E-state index in [1.54, 1.807) is 32.3 Å². The van der Waals surface area contributed by atoms with Gasteiger partial charge in [-0.1, -0.05) is 18.2 Å². The highest BCUT2D eigenvalue weighted by Crippen LogP contribution is 2.44. The van der Waals surface area contributed by atoms with Gasteiger partial charge in [0.25, 0.3) is 0 Å². The lowest BCUT2D eigenvalue weighted by Crippen LogP contribution is -2.35. The zero-order valence-electron chi connectivity index (χ0n) is 22.4. The first-order valence-corrected chi connectivity index (χ1v) is 12.9. The smallest absolute Gasteiger partial charge is 0.336 e. The van der Waals surface area contributed by atoms with Crippen molar-refractivity contribution < 1.29 is 34.1 Å². The summed E-state index contributed by atoms with van der Waals surface area (Å²) >= 11 is 0. The number of fused-ring (bicyclic) bond motifs is 2. The topological polar surface area (TPSA) is 179 Å². The minimum atomic E-state index is -1.18. The Balaban J connectivity index is 1.81. The highest BCUT2D eigenvalue weighted by Gasteiger charge is 2.28. The molecule has 0 bridgehead atoms. The van der Waals surface area contributed by atoms with Crippen molar-refractivity contribution >= 4 is 34.7 Å². The number of benzene rings is 3. The second-order valence-corrected chi connectivity index (χ2v) is 9.38. The highest BCUT2D eigenvalue weighted by molar-refractivity contribution is 6.15. The lowest BCUT2D eigenvalue weighted by molar-refractivity contribution is -0.141. The van der Waals surface area contributed by atoms with E-state index >= 15 is 0 Å². The fourth-order valence-corrected chi connectivity index (χ4v) is 4.84. The van der Waals surface area contributed by atoms with E-state index in [9.17, 15) is 34.5 Å². The molecule has 11 heteroatoms. The van der Waals surface area contributed by atoms with Crippen LogP contribution in [0, 0.1) is 5.92 Å². The number of phenolic OH excluding ortho intramolecular Hbond substituents is 1. The third-order valence-corrected chi connectivity index (χ3v) is 6.81. The Bertz CT molecular complexity index is 1690. The number of Topliss-reactive ketones (excluding diaryl/α,β-unsaturated/α-hetero) is 1. The minimum Gasteiger partial charge on any atom is -0.507 e. The summed E-state index contributed by atoms with van der Waals surface area (Å²) in [5.41, 5.74) is 0.444. The molecule has 1 aliphatic carbocycles. The number of carboxylic acids is 2. The van der Waals surface area contributed by atoms with Crippen LogP contribution in [0.4, 0.5) is 0 Å². The second kappa shape index (κ2) is 12.3. The average Bonchev–Trinajstić information content (AvgIpc) is 2.95. The van der Waals surface area contributed by atoms with Crippen molar-refractivity contribution in [1.29, 1.82) is 0 Å². The number of aliphatic carboxylic acids is 1. The van der Waals surface area contributed by atoms with Crippen molar-refractivity contribution in [1.82, 2.24) is 10.6 Å². The fraction of sp³-hybridized carbons (Fsp3) is 0.233. The Morgan fingerprint density at radius 1 is 1.02 bits per heavy atom. The molecule has 0 saturated heterocycles. The van der Waals surface area contributed by atoms with Gasteiger partial charge in [-0.3, -0.25) is 19.4 Å². The van der Waals surface area contributed by atoms with Gasteiger partial charge in [0.05, 0.1) is 11.5 Å². The number of hydrogen-bond donors (Lipinski definition) is 5. The van der Waals surface area contributed by atoms with Gasteiger partial charge in [-0.2, -0.15) is 0 Å². The molecule has 0 spiro atoms. The molecule has 1 atom stereocenters. The Kier molecular flexibility index (Phi) is 8.66. The molecule has 2 aliphatic rings. The Hall–Kier alpha value is -5.19. The van der Waals surface area contributed by atoms with Gasteiger partial charge in [-0.15, -0.1) is 0 Å². The molecule has 0 unspecified atom stereocenters. The molecule has 1 heterocycles. The lowest BCUT2D eigenvalue weighted by atomic mass is 9.88. The molecule has 11 nitrogen and oxygen atoms in total. The van der Waals surface area contributed by atoms with E-state index in [2.05, 4.69) is 15.6 Å². The molecule has 0 saturated carbocycles. The first kappa shape index (κ1) is 28.8. The van der Waals surface area contributed by atoms with Gasteiger partial charge in [-0.05, 0) is 48.7 Å². The van der Waals surface area contributed by atoms with Crippen molar-refractivity contribution in [2.24, 2.45) is 10.9 Å². The monoisotopic (exact) mass is 559 g/mol. The molecule has 0 aromatic heterocycles. The van der Waals surface area contributed by atoms with Crippen molar-refractivity contribution in [2.45, 2.75) is 19.3 Å². The van der Waals surface area contributed by atoms with E-state index in [-0.39, 0.29) is 34.3 Å². The summed E-state index contributed by atoms with van der Waals surface area (Å²) in [7, 11) is 3.30. The molecule has 2 aromatic rings. The van der Waals surface area contributed by atoms with E-state index in [1.807, 2.05) is 0 Å². The molecular formula is C30H29N3O8. The van der Waals surface area contributed by atoms with Crippen LogP contribution in [0.2, 0.25) is 0 Å². The van der Waals surface area contributed by atoms with Crippen LogP contribution in [-0.4, -0.2) is 59.6 Å². The number of aliphatic imine (C=N–C) groups is 1. The number of aromatic carboxylic acids is 1. The molecule has 2 aromatic carbocycles. The Labute approximate surface area is 234 Å². The summed E-state index contributed by atoms with van der Waals surface area (Å²) < 4.78 is 6.01. The van der Waals surface area contributed by atoms with Crippen LogP contribution in [0.5, 0.6) is 5.75 Å². The van der Waals surface area contributed by atoms with Gasteiger partial charge < -0.3 is 30.4 Å². The predicted molar refractivity (Wildman–Crippen MR) is 153 cm³/mol. The molecular weight excluding hydrogens is 530 g/mol. The van der Waals surface area contributed by atoms with Gasteiger partial charge in [-0.25, -0.2) is 4.79 Å². The second-order valence-electron chi connectivity index (χ2n) is 9.38. The fourth-order valence-electron chi connectivity index (χ4n) is 4.84. The number of guanidine groups is 1. The number of hydrogen-bond acceptors (Lipinski definition) is 7. The maximum atomic E-state index is 13.6. The molecule has 212 valence electrons. The van der Waals surface area contributed by atoms with Crippen molar-refractivity contribution in [3.8, 4) is 28.2 Å². The van der Waals surface area contributed by atoms with Crippen molar-refractivity contribution in [3.63, 3.8) is 0 Å². The van der Waals surface area contributed by atoms with Crippen LogP contribution in [-0.2, 0) is 4.79 Å². The van der Waals surface area contributed by atoms with E-state index in [0.29, 0.717) is 41.0 Å². The van der Waals surface area contributed by atoms with Crippen LogP contribution in [0.3, 0.4) is 0 Å². The molecule has 0 amide bonds. The SMILES string of the molecule is C/N=C(\NC)NCCC[C@H](CC(=O)c1c(O)ccc2c(-c3ccccc3C(=O)O)c3ccc(=O)cc-3oc12)C(=O)O. The average molecular weight is 560 g/mol. The molecule has 1 aliphatic heterocycles. The summed E-state index contributed by atoms with van der Waals surface area (Å²) in [6, 6.07) is 13.1. The summed E-state index contributed by atoms with van der Waals surface area (Å²) in [5, 5.41) is 36.7. The molecule has 0 radical (unpaired) electrons. The first-order valence-electron chi connectivity index (χ1n) is 12.9. The van der Waals surface area contributed by atoms with Crippen LogP contribution < -0.4 is 16.1 Å². The summed E-state index contributed by atoms with van der Waals surface area (Å²) in [6.45, 7) is 0.427. The lowest BCUT2D eigenvalue weighted by Gasteiger charge is -2.19. The van der Waals surface area contributed by atoms with Crippen LogP contribution >= 0.6 is 0 Å². The maximum absolute atomic E-state index is 13.6. The molecule has 0 fully saturated rings. The Morgan fingerprint density at radius 2 is 1.78 bits per heavy atom. The number of phenols is 1. The van der Waals surface area contributed by atoms with E-state index in [1.165, 1.54) is 36.4 Å². The maximum Gasteiger partial charge on any atom is 0.336 e. The summed E-state index contributed by atoms with van der Waals surface area (Å²) in [6.07, 6.45) is 0.194. The number of nitrogens with zero attached hydrogens (tertiary/aromatic N) is 1. The van der Waals surface area contributed by atoms with Crippen LogP contribution in [0.25, 0.3) is 33.4 Å². The Morgan fingerprint density at radius 3 is 2.46 bits per heavy atom. The number of carboxylic acid groups (broad SMARTS) is 2. The van der Waals surface area contributed by atoms with E-state index in [0.717, 1.165) is 0 Å². The molecule has 4 rings (SSSR count). The van der Waals surface area contributed by atoms with Gasteiger partial charge >= 0.3 is 11.9 Å². The van der Waals surface area contributed by atoms with E-state index in [4.69, 9.17) is 4.42 Å². The molecule has 41 heavy (non-hydrogen) atoms. The zero-order chi connectivity index (χ0) is 29.7. The predicted octanol–water partition coefficient (Wildman–Crippen LogP) is 3.82. The van der Waals surface area contributed by atoms with Gasteiger partial charge in [0.2, 0.25) is 0 Å². The van der Waals surface area contributed by atoms with Crippen LogP contribution in [0.1, 0.15) is 40.0 Å². The van der Waals surface area contributed by atoms with Crippen molar-refractivity contribution in [2.75, 3.05) is 20.6 Å². The standard InChI is InChI=1S/C30H29N3O8/c1-31-30(32-2)33-13-5-6-16(28(37)38)14-23(36)26-22(35)12-11-21-25(18-7-3-4-8-19(18)29(39)40)20-10-9-17(34)15-24(20)41-27(21)26/h3-4,7-12,15-16,35H,5-6,13-14H2,1-2H3,(H,37,38)(H,39,40)(H2,31,32,33)/t16-/m1/s1. The number of ketones is 1. The number of carbonyl (C=O) groups is 3. The number of nitrogens with one attached hydrogen (secondary N) is 2. The summed E-state index contributed by atoms with van der Waals surface area (Å²) in [5.74, 6) is -3.85. The van der Waals surface area contributed by atoms with Crippen molar-refractivity contribution in [3.05, 3.63) is 75.9 Å². The minimum absolute atomic E-state index is 0.0115. The highest BCUT2D eigenvalue weighted by atomic mass is 16.4. The van der Waals surface area contributed by atoms with Crippen LogP contribution in [0.15, 0.2) is 68.8 Å². The quantitative estimate of drug-likeness (QED) is 0.0630. The van der Waals surface area contributed by atoms with Gasteiger partial charge in [0.1, 0.15) is 22.7 Å². The normalized spacial score (nSPS) is 12.3. The van der Waals surface area contributed by atoms with E-state index < -0.39 is 35.8 Å². The molecule has 5 N–H and O–H groups in total.